The van der Waals surface area contributed by atoms with E-state index in [1.54, 1.807) is 12.1 Å². The molecule has 3 heterocycles. The minimum absolute atomic E-state index is 0.158. The first-order chi connectivity index (χ1) is 12.3. The number of amides is 1. The number of halogens is 1. The Hall–Kier alpha value is -0.670. The van der Waals surface area contributed by atoms with Gasteiger partial charge < -0.3 is 4.90 Å². The monoisotopic (exact) mass is 419 g/mol. The molecule has 2 fully saturated rings. The number of hydrogen-bond acceptors (Lipinski definition) is 5. The molecular weight excluding hydrogens is 394 g/mol. The molecule has 26 heavy (non-hydrogen) atoms. The fraction of sp³-hybridized carbons (Fsp3) is 0.706. The summed E-state index contributed by atoms with van der Waals surface area (Å²) >= 11 is 6.95. The van der Waals surface area contributed by atoms with Crippen LogP contribution in [0.1, 0.15) is 33.1 Å². The highest BCUT2D eigenvalue weighted by atomic mass is 35.5. The van der Waals surface area contributed by atoms with E-state index in [0.29, 0.717) is 37.1 Å². The fourth-order valence-electron chi connectivity index (χ4n) is 3.88. The molecule has 2 aliphatic rings. The lowest BCUT2D eigenvalue weighted by molar-refractivity contribution is -0.138. The number of sulfonamides is 1. The summed E-state index contributed by atoms with van der Waals surface area (Å²) < 4.78 is 27.5. The normalized spacial score (nSPS) is 26.2. The Bertz CT molecular complexity index is 734. The van der Waals surface area contributed by atoms with Gasteiger partial charge in [-0.1, -0.05) is 11.6 Å². The Morgan fingerprint density at radius 1 is 1.15 bits per heavy atom. The zero-order valence-electron chi connectivity index (χ0n) is 15.2. The van der Waals surface area contributed by atoms with Crippen molar-refractivity contribution in [1.82, 2.24) is 14.1 Å². The van der Waals surface area contributed by atoms with E-state index in [0.717, 1.165) is 24.2 Å². The number of piperidine rings is 1. The molecule has 1 aromatic rings. The van der Waals surface area contributed by atoms with Crippen LogP contribution in [0.15, 0.2) is 16.3 Å². The summed E-state index contributed by atoms with van der Waals surface area (Å²) in [4.78, 5) is 16.8. The topological polar surface area (TPSA) is 60.9 Å². The second-order valence-electron chi connectivity index (χ2n) is 7.17. The van der Waals surface area contributed by atoms with Crippen molar-refractivity contribution in [2.24, 2.45) is 0 Å². The van der Waals surface area contributed by atoms with E-state index in [2.05, 4.69) is 18.7 Å². The minimum atomic E-state index is -3.49. The quantitative estimate of drug-likeness (QED) is 0.752. The van der Waals surface area contributed by atoms with Gasteiger partial charge in [0.25, 0.3) is 10.0 Å². The Morgan fingerprint density at radius 2 is 1.77 bits per heavy atom. The van der Waals surface area contributed by atoms with E-state index < -0.39 is 10.0 Å². The maximum atomic E-state index is 12.7. The molecule has 6 nitrogen and oxygen atoms in total. The van der Waals surface area contributed by atoms with Crippen LogP contribution in [0.5, 0.6) is 0 Å². The first-order valence-corrected chi connectivity index (χ1v) is 11.7. The zero-order chi connectivity index (χ0) is 18.9. The molecule has 0 spiro atoms. The molecule has 0 aromatic carbocycles. The first kappa shape index (κ1) is 20.1. The smallest absolute Gasteiger partial charge is 0.252 e. The Kier molecular flexibility index (Phi) is 6.29. The Balaban J connectivity index is 1.56. The molecule has 146 valence electrons. The Morgan fingerprint density at radius 3 is 2.31 bits per heavy atom. The number of carbonyl (C=O) groups excluding carboxylic acids is 1. The summed E-state index contributed by atoms with van der Waals surface area (Å²) in [5, 5.41) is 0. The van der Waals surface area contributed by atoms with Crippen molar-refractivity contribution in [1.29, 1.82) is 0 Å². The third kappa shape index (κ3) is 4.25. The first-order valence-electron chi connectivity index (χ1n) is 9.08. The van der Waals surface area contributed by atoms with Crippen LogP contribution in [0.4, 0.5) is 0 Å². The highest BCUT2D eigenvalue weighted by Crippen LogP contribution is 2.28. The van der Waals surface area contributed by atoms with Gasteiger partial charge in [0.15, 0.2) is 0 Å². The van der Waals surface area contributed by atoms with Crippen molar-refractivity contribution in [3.63, 3.8) is 0 Å². The van der Waals surface area contributed by atoms with Gasteiger partial charge in [-0.2, -0.15) is 4.31 Å². The van der Waals surface area contributed by atoms with Gasteiger partial charge in [-0.15, -0.1) is 11.3 Å². The van der Waals surface area contributed by atoms with Crippen LogP contribution >= 0.6 is 22.9 Å². The van der Waals surface area contributed by atoms with Crippen molar-refractivity contribution in [3.05, 3.63) is 16.5 Å². The molecule has 0 bridgehead atoms. The molecule has 0 radical (unpaired) electrons. The number of carbonyl (C=O) groups is 1. The number of piperazine rings is 1. The van der Waals surface area contributed by atoms with E-state index in [1.165, 1.54) is 10.7 Å². The van der Waals surface area contributed by atoms with Crippen LogP contribution in [-0.4, -0.2) is 73.2 Å². The molecule has 1 aromatic heterocycles. The zero-order valence-corrected chi connectivity index (χ0v) is 17.6. The fourth-order valence-corrected chi connectivity index (χ4v) is 6.94. The third-order valence-corrected chi connectivity index (χ3v) is 8.91. The van der Waals surface area contributed by atoms with Crippen molar-refractivity contribution in [2.75, 3.05) is 32.7 Å². The second-order valence-corrected chi connectivity index (χ2v) is 11.0. The summed E-state index contributed by atoms with van der Waals surface area (Å²) in [5.74, 6) is 0.158. The lowest BCUT2D eigenvalue weighted by Gasteiger charge is -2.41. The highest BCUT2D eigenvalue weighted by molar-refractivity contribution is 7.91. The second kappa shape index (κ2) is 8.14. The molecule has 2 atom stereocenters. The molecule has 0 saturated carbocycles. The largest absolute Gasteiger partial charge is 0.336 e. The lowest BCUT2D eigenvalue weighted by atomic mass is 9.97. The van der Waals surface area contributed by atoms with Crippen molar-refractivity contribution < 1.29 is 13.2 Å². The standard InChI is InChI=1S/C17H26ClN3O3S2/c1-13-4-3-5-14(2)21(13)16(22)12-19-8-10-20(11-9-19)26(23,24)17-7-6-15(18)25-17/h6-7,13-14H,3-5,8-12H2,1-2H3/t13-,14+. The number of hydrogen-bond donors (Lipinski definition) is 0. The summed E-state index contributed by atoms with van der Waals surface area (Å²) in [6.07, 6.45) is 3.30. The molecule has 2 saturated heterocycles. The van der Waals surface area contributed by atoms with Gasteiger partial charge in [0.2, 0.25) is 5.91 Å². The van der Waals surface area contributed by atoms with Crippen LogP contribution in [0.3, 0.4) is 0 Å². The molecule has 2 aliphatic heterocycles. The lowest BCUT2D eigenvalue weighted by Crippen LogP contribution is -2.54. The van der Waals surface area contributed by atoms with Gasteiger partial charge in [-0.3, -0.25) is 9.69 Å². The highest BCUT2D eigenvalue weighted by Gasteiger charge is 2.33. The van der Waals surface area contributed by atoms with Crippen LogP contribution in [-0.2, 0) is 14.8 Å². The predicted molar refractivity (Wildman–Crippen MR) is 104 cm³/mol. The van der Waals surface area contributed by atoms with Crippen LogP contribution < -0.4 is 0 Å². The molecular formula is C17H26ClN3O3S2. The van der Waals surface area contributed by atoms with Gasteiger partial charge in [-0.25, -0.2) is 8.42 Å². The van der Waals surface area contributed by atoms with Crippen LogP contribution in [0.2, 0.25) is 4.34 Å². The van der Waals surface area contributed by atoms with E-state index >= 15 is 0 Å². The third-order valence-electron chi connectivity index (χ3n) is 5.31. The van der Waals surface area contributed by atoms with Gasteiger partial charge >= 0.3 is 0 Å². The number of rotatable bonds is 4. The molecule has 0 unspecified atom stereocenters. The van der Waals surface area contributed by atoms with Crippen LogP contribution in [0.25, 0.3) is 0 Å². The average Bonchev–Trinajstić information content (AvgIpc) is 3.02. The average molecular weight is 420 g/mol. The van der Waals surface area contributed by atoms with E-state index in [4.69, 9.17) is 11.6 Å². The summed E-state index contributed by atoms with van der Waals surface area (Å²) in [7, 11) is -3.49. The van der Waals surface area contributed by atoms with Crippen molar-refractivity contribution in [3.8, 4) is 0 Å². The predicted octanol–water partition coefficient (Wildman–Crippen LogP) is 2.50. The molecule has 1 amide bonds. The SMILES string of the molecule is C[C@@H]1CCC[C@H](C)N1C(=O)CN1CCN(S(=O)(=O)c2ccc(Cl)s2)CC1. The van der Waals surface area contributed by atoms with Gasteiger partial charge in [0.05, 0.1) is 10.9 Å². The molecule has 0 N–H and O–H groups in total. The number of likely N-dealkylation sites (tertiary alicyclic amines) is 1. The molecule has 0 aliphatic carbocycles. The molecule has 9 heteroatoms. The maximum absolute atomic E-state index is 12.7. The van der Waals surface area contributed by atoms with Gasteiger partial charge in [0.1, 0.15) is 4.21 Å². The summed E-state index contributed by atoms with van der Waals surface area (Å²) in [6, 6.07) is 3.74. The van der Waals surface area contributed by atoms with Crippen molar-refractivity contribution in [2.45, 2.75) is 49.4 Å². The van der Waals surface area contributed by atoms with E-state index in [9.17, 15) is 13.2 Å². The summed E-state index contributed by atoms with van der Waals surface area (Å²) in [5.41, 5.74) is 0. The maximum Gasteiger partial charge on any atom is 0.252 e. The van der Waals surface area contributed by atoms with Gasteiger partial charge in [-0.05, 0) is 45.2 Å². The number of nitrogens with zero attached hydrogens (tertiary/aromatic N) is 3. The molecule has 3 rings (SSSR count). The minimum Gasteiger partial charge on any atom is -0.336 e. The van der Waals surface area contributed by atoms with Crippen molar-refractivity contribution >= 4 is 38.9 Å². The Labute approximate surface area is 164 Å². The van der Waals surface area contributed by atoms with Gasteiger partial charge in [0, 0.05) is 38.3 Å². The van der Waals surface area contributed by atoms with E-state index in [1.807, 2.05) is 4.90 Å². The van der Waals surface area contributed by atoms with E-state index in [-0.39, 0.29) is 22.2 Å². The van der Waals surface area contributed by atoms with Crippen LogP contribution in [0, 0.1) is 0 Å². The number of thiophene rings is 1. The summed E-state index contributed by atoms with van der Waals surface area (Å²) in [6.45, 7) is 6.54.